The number of nitrogens with zero attached hydrogens (tertiary/aromatic N) is 3. The third-order valence-corrected chi connectivity index (χ3v) is 4.14. The maximum atomic E-state index is 13.5. The molecular formula is C17H20FN3O3. The summed E-state index contributed by atoms with van der Waals surface area (Å²) in [4.78, 5) is 12.9. The topological polar surface area (TPSA) is 67.6 Å². The van der Waals surface area contributed by atoms with Crippen LogP contribution in [0.15, 0.2) is 24.3 Å². The number of benzene rings is 1. The standard InChI is InChI=1S/C17H20FN3O3/c1-24-16-8-12(2-4-15(16)18)10-20-6-7-21-14(11-20)9-13(19-21)3-5-17(22)23/h2,4,8-9H,3,5-7,10-11H2,1H3,(H,22,23). The maximum Gasteiger partial charge on any atom is 0.303 e. The van der Waals surface area contributed by atoms with Gasteiger partial charge in [0, 0.05) is 26.1 Å². The van der Waals surface area contributed by atoms with E-state index >= 15 is 0 Å². The molecule has 24 heavy (non-hydrogen) atoms. The summed E-state index contributed by atoms with van der Waals surface area (Å²) >= 11 is 0. The molecule has 1 aromatic carbocycles. The zero-order valence-electron chi connectivity index (χ0n) is 13.5. The van der Waals surface area contributed by atoms with Crippen molar-refractivity contribution in [2.45, 2.75) is 32.5 Å². The highest BCUT2D eigenvalue weighted by molar-refractivity contribution is 5.66. The molecule has 6 nitrogen and oxygen atoms in total. The Morgan fingerprint density at radius 2 is 2.21 bits per heavy atom. The second-order valence-corrected chi connectivity index (χ2v) is 5.92. The first kappa shape index (κ1) is 16.4. The van der Waals surface area contributed by atoms with Crippen molar-refractivity contribution in [3.05, 3.63) is 47.0 Å². The van der Waals surface area contributed by atoms with E-state index in [1.807, 2.05) is 10.7 Å². The van der Waals surface area contributed by atoms with Crippen LogP contribution >= 0.6 is 0 Å². The summed E-state index contributed by atoms with van der Waals surface area (Å²) in [5.74, 6) is -0.917. The molecule has 0 spiro atoms. The first-order valence-electron chi connectivity index (χ1n) is 7.87. The van der Waals surface area contributed by atoms with Gasteiger partial charge < -0.3 is 9.84 Å². The Kier molecular flexibility index (Phi) is 4.80. The first-order valence-corrected chi connectivity index (χ1v) is 7.87. The molecule has 128 valence electrons. The molecule has 0 atom stereocenters. The van der Waals surface area contributed by atoms with Crippen molar-refractivity contribution < 1.29 is 19.0 Å². The van der Waals surface area contributed by atoms with E-state index in [-0.39, 0.29) is 18.0 Å². The first-order chi connectivity index (χ1) is 11.5. The predicted molar refractivity (Wildman–Crippen MR) is 85.2 cm³/mol. The van der Waals surface area contributed by atoms with E-state index in [1.165, 1.54) is 13.2 Å². The van der Waals surface area contributed by atoms with E-state index in [4.69, 9.17) is 9.84 Å². The van der Waals surface area contributed by atoms with Gasteiger partial charge in [0.15, 0.2) is 11.6 Å². The Balaban J connectivity index is 1.65. The van der Waals surface area contributed by atoms with Gasteiger partial charge in [-0.15, -0.1) is 0 Å². The van der Waals surface area contributed by atoms with E-state index < -0.39 is 5.97 Å². The molecule has 0 radical (unpaired) electrons. The summed E-state index contributed by atoms with van der Waals surface area (Å²) in [7, 11) is 1.46. The van der Waals surface area contributed by atoms with Crippen molar-refractivity contribution in [2.24, 2.45) is 0 Å². The third-order valence-electron chi connectivity index (χ3n) is 4.14. The number of rotatable bonds is 6. The van der Waals surface area contributed by atoms with Crippen molar-refractivity contribution >= 4 is 5.97 Å². The second-order valence-electron chi connectivity index (χ2n) is 5.92. The number of aliphatic carboxylic acids is 1. The summed E-state index contributed by atoms with van der Waals surface area (Å²) in [6.07, 6.45) is 0.542. The van der Waals surface area contributed by atoms with Crippen LogP contribution in [0.2, 0.25) is 0 Å². The molecule has 0 aliphatic carbocycles. The van der Waals surface area contributed by atoms with Gasteiger partial charge in [-0.1, -0.05) is 6.07 Å². The minimum absolute atomic E-state index is 0.0928. The number of carboxylic acid groups (broad SMARTS) is 1. The number of aromatic nitrogens is 2. The fourth-order valence-electron chi connectivity index (χ4n) is 2.93. The Bertz CT molecular complexity index is 745. The summed E-state index contributed by atoms with van der Waals surface area (Å²) in [5.41, 5.74) is 2.89. The summed E-state index contributed by atoms with van der Waals surface area (Å²) in [5, 5.41) is 13.2. The van der Waals surface area contributed by atoms with E-state index in [0.29, 0.717) is 13.0 Å². The van der Waals surface area contributed by atoms with E-state index in [9.17, 15) is 9.18 Å². The largest absolute Gasteiger partial charge is 0.494 e. The average molecular weight is 333 g/mol. The Morgan fingerprint density at radius 1 is 1.38 bits per heavy atom. The Labute approximate surface area is 139 Å². The summed E-state index contributed by atoms with van der Waals surface area (Å²) in [6.45, 7) is 3.04. The van der Waals surface area contributed by atoms with Crippen LogP contribution in [0.1, 0.15) is 23.4 Å². The summed E-state index contributed by atoms with van der Waals surface area (Å²) in [6, 6.07) is 6.88. The number of carboxylic acids is 1. The lowest BCUT2D eigenvalue weighted by molar-refractivity contribution is -0.136. The number of halogens is 1. The van der Waals surface area contributed by atoms with Gasteiger partial charge in [0.1, 0.15) is 0 Å². The highest BCUT2D eigenvalue weighted by Gasteiger charge is 2.19. The lowest BCUT2D eigenvalue weighted by Crippen LogP contribution is -2.33. The predicted octanol–water partition coefficient (Wildman–Crippen LogP) is 2.06. The van der Waals surface area contributed by atoms with Crippen LogP contribution in [0.3, 0.4) is 0 Å². The molecule has 2 aromatic rings. The van der Waals surface area contributed by atoms with Gasteiger partial charge in [0.2, 0.25) is 0 Å². The quantitative estimate of drug-likeness (QED) is 0.876. The van der Waals surface area contributed by atoms with E-state index in [0.717, 1.165) is 36.6 Å². The van der Waals surface area contributed by atoms with Gasteiger partial charge in [-0.3, -0.25) is 14.4 Å². The van der Waals surface area contributed by atoms with Gasteiger partial charge >= 0.3 is 5.97 Å². The highest BCUT2D eigenvalue weighted by Crippen LogP contribution is 2.21. The molecule has 0 bridgehead atoms. The van der Waals surface area contributed by atoms with Crippen LogP contribution in [0, 0.1) is 5.82 Å². The number of methoxy groups -OCH3 is 1. The van der Waals surface area contributed by atoms with Crippen LogP contribution < -0.4 is 4.74 Å². The van der Waals surface area contributed by atoms with Crippen LogP contribution in [0.5, 0.6) is 5.75 Å². The monoisotopic (exact) mass is 333 g/mol. The fraction of sp³-hybridized carbons (Fsp3) is 0.412. The van der Waals surface area contributed by atoms with Crippen LogP contribution in [0.4, 0.5) is 4.39 Å². The lowest BCUT2D eigenvalue weighted by Gasteiger charge is -2.27. The van der Waals surface area contributed by atoms with Gasteiger partial charge in [0.25, 0.3) is 0 Å². The molecule has 1 aromatic heterocycles. The molecule has 0 amide bonds. The number of carbonyl (C=O) groups is 1. The van der Waals surface area contributed by atoms with Crippen LogP contribution in [0.25, 0.3) is 0 Å². The molecule has 1 aliphatic rings. The second kappa shape index (κ2) is 7.00. The number of fused-ring (bicyclic) bond motifs is 1. The zero-order valence-corrected chi connectivity index (χ0v) is 13.5. The molecule has 1 N–H and O–H groups in total. The van der Waals surface area contributed by atoms with Crippen molar-refractivity contribution in [1.82, 2.24) is 14.7 Å². The summed E-state index contributed by atoms with van der Waals surface area (Å²) < 4.78 is 20.5. The average Bonchev–Trinajstić information content (AvgIpc) is 2.97. The van der Waals surface area contributed by atoms with E-state index in [1.54, 1.807) is 12.1 Å². The maximum absolute atomic E-state index is 13.5. The molecular weight excluding hydrogens is 313 g/mol. The molecule has 0 saturated heterocycles. The zero-order chi connectivity index (χ0) is 17.1. The number of hydrogen-bond donors (Lipinski definition) is 1. The number of aryl methyl sites for hydroxylation is 1. The molecule has 7 heteroatoms. The van der Waals surface area contributed by atoms with Crippen molar-refractivity contribution in [3.63, 3.8) is 0 Å². The van der Waals surface area contributed by atoms with Gasteiger partial charge in [-0.05, 0) is 23.8 Å². The molecule has 0 fully saturated rings. The number of hydrogen-bond acceptors (Lipinski definition) is 4. The van der Waals surface area contributed by atoms with Gasteiger partial charge in [-0.25, -0.2) is 4.39 Å². The minimum Gasteiger partial charge on any atom is -0.494 e. The smallest absolute Gasteiger partial charge is 0.303 e. The molecule has 1 aliphatic heterocycles. The molecule has 0 unspecified atom stereocenters. The van der Waals surface area contributed by atoms with E-state index in [2.05, 4.69) is 10.00 Å². The number of ether oxygens (including phenoxy) is 1. The fourth-order valence-corrected chi connectivity index (χ4v) is 2.93. The highest BCUT2D eigenvalue weighted by atomic mass is 19.1. The van der Waals surface area contributed by atoms with Crippen LogP contribution in [-0.2, 0) is 30.8 Å². The van der Waals surface area contributed by atoms with Crippen molar-refractivity contribution in [3.8, 4) is 5.75 Å². The SMILES string of the molecule is COc1cc(CN2CCn3nc(CCC(=O)O)cc3C2)ccc1F. The van der Waals surface area contributed by atoms with Gasteiger partial charge in [-0.2, -0.15) is 5.10 Å². The molecule has 2 heterocycles. The minimum atomic E-state index is -0.812. The Morgan fingerprint density at radius 3 is 2.96 bits per heavy atom. The lowest BCUT2D eigenvalue weighted by atomic mass is 10.1. The van der Waals surface area contributed by atoms with Crippen molar-refractivity contribution in [2.75, 3.05) is 13.7 Å². The Hall–Kier alpha value is -2.41. The molecule has 0 saturated carbocycles. The third kappa shape index (κ3) is 3.73. The van der Waals surface area contributed by atoms with Gasteiger partial charge in [0.05, 0.1) is 31.5 Å². The molecule has 3 rings (SSSR count). The van der Waals surface area contributed by atoms with Crippen LogP contribution in [-0.4, -0.2) is 39.4 Å². The normalized spacial score (nSPS) is 14.4. The van der Waals surface area contributed by atoms with Crippen molar-refractivity contribution in [1.29, 1.82) is 0 Å².